The van der Waals surface area contributed by atoms with Crippen LogP contribution in [0.1, 0.15) is 0 Å². The quantitative estimate of drug-likeness (QED) is 0.400. The number of anilines is 1. The topological polar surface area (TPSA) is 16.4 Å². The molecule has 0 saturated carbocycles. The Bertz CT molecular complexity index is 1100. The van der Waals surface area contributed by atoms with Crippen molar-refractivity contribution in [3.8, 4) is 16.9 Å². The van der Waals surface area contributed by atoms with Crippen LogP contribution in [0.3, 0.4) is 0 Å². The Labute approximate surface area is 154 Å². The fourth-order valence-electron chi connectivity index (χ4n) is 3.68. The molecule has 0 radical (unpaired) electrons. The first-order valence-corrected chi connectivity index (χ1v) is 8.77. The summed E-state index contributed by atoms with van der Waals surface area (Å²) in [5.41, 5.74) is 5.97. The highest BCUT2D eigenvalue weighted by atomic mass is 16.5. The summed E-state index contributed by atoms with van der Waals surface area (Å²) in [7, 11) is 8.01. The summed E-state index contributed by atoms with van der Waals surface area (Å²) < 4.78 is 7.99. The first-order valence-electron chi connectivity index (χ1n) is 8.77. The number of hydrogen-bond acceptors (Lipinski definition) is 2. The van der Waals surface area contributed by atoms with Gasteiger partial charge < -0.3 is 9.64 Å². The normalized spacial score (nSPS) is 11.1. The predicted molar refractivity (Wildman–Crippen MR) is 109 cm³/mol. The van der Waals surface area contributed by atoms with Gasteiger partial charge in [-0.3, -0.25) is 0 Å². The lowest BCUT2D eigenvalue weighted by molar-refractivity contribution is -0.617. The molecule has 3 heteroatoms. The number of nitrogens with zero attached hydrogens (tertiary/aromatic N) is 2. The number of fused-ring (bicyclic) bond motifs is 2. The minimum atomic E-state index is 0.899. The van der Waals surface area contributed by atoms with Gasteiger partial charge in [-0.2, -0.15) is 4.57 Å². The second kappa shape index (κ2) is 6.34. The van der Waals surface area contributed by atoms with Crippen molar-refractivity contribution >= 4 is 27.5 Å². The van der Waals surface area contributed by atoms with E-state index < -0.39 is 0 Å². The van der Waals surface area contributed by atoms with E-state index in [1.165, 1.54) is 27.7 Å². The highest BCUT2D eigenvalue weighted by molar-refractivity contribution is 6.10. The lowest BCUT2D eigenvalue weighted by Gasteiger charge is -2.16. The van der Waals surface area contributed by atoms with Gasteiger partial charge in [-0.05, 0) is 23.8 Å². The summed E-state index contributed by atoms with van der Waals surface area (Å²) in [6.07, 6.45) is 0. The SMILES string of the molecule is COc1cccc2c1c(-c1ccccc1)c1ccc(N(C)C)cc1[n+]2C. The molecule has 0 fully saturated rings. The van der Waals surface area contributed by atoms with Crippen LogP contribution in [0.4, 0.5) is 5.69 Å². The average Bonchev–Trinajstić information content (AvgIpc) is 2.68. The predicted octanol–water partition coefficient (Wildman–Crippen LogP) is 4.56. The maximum Gasteiger partial charge on any atom is 0.217 e. The van der Waals surface area contributed by atoms with Crippen molar-refractivity contribution in [1.29, 1.82) is 0 Å². The third kappa shape index (κ3) is 2.48. The van der Waals surface area contributed by atoms with Crippen LogP contribution in [0.5, 0.6) is 5.75 Å². The molecule has 1 aromatic heterocycles. The second-order valence-electron chi connectivity index (χ2n) is 6.75. The molecule has 4 aromatic rings. The molecule has 26 heavy (non-hydrogen) atoms. The zero-order chi connectivity index (χ0) is 18.3. The van der Waals surface area contributed by atoms with Gasteiger partial charge in [-0.25, -0.2) is 0 Å². The van der Waals surface area contributed by atoms with E-state index in [-0.39, 0.29) is 0 Å². The summed E-state index contributed by atoms with van der Waals surface area (Å²) >= 11 is 0. The molecule has 0 amide bonds. The Morgan fingerprint density at radius 2 is 1.62 bits per heavy atom. The van der Waals surface area contributed by atoms with Gasteiger partial charge in [0, 0.05) is 37.5 Å². The standard InChI is InChI=1S/C23H23N2O/c1-24(2)17-13-14-18-20(15-17)25(3)19-11-8-12-21(26-4)23(19)22(18)16-9-6-5-7-10-16/h5-15H,1-4H3/q+1. The molecular weight excluding hydrogens is 320 g/mol. The summed E-state index contributed by atoms with van der Waals surface area (Å²) in [6, 6.07) is 23.5. The number of hydrogen-bond donors (Lipinski definition) is 0. The highest BCUT2D eigenvalue weighted by Crippen LogP contribution is 2.39. The number of aryl methyl sites for hydroxylation is 1. The van der Waals surface area contributed by atoms with E-state index in [1.54, 1.807) is 7.11 Å². The number of aromatic nitrogens is 1. The van der Waals surface area contributed by atoms with Crippen LogP contribution in [0.2, 0.25) is 0 Å². The summed E-state index contributed by atoms with van der Waals surface area (Å²) in [5.74, 6) is 0.899. The lowest BCUT2D eigenvalue weighted by Crippen LogP contribution is -2.30. The van der Waals surface area contributed by atoms with Gasteiger partial charge in [0.05, 0.1) is 17.9 Å². The van der Waals surface area contributed by atoms with Crippen LogP contribution >= 0.6 is 0 Å². The van der Waals surface area contributed by atoms with E-state index >= 15 is 0 Å². The zero-order valence-electron chi connectivity index (χ0n) is 15.7. The van der Waals surface area contributed by atoms with Crippen molar-refractivity contribution in [2.45, 2.75) is 0 Å². The molecular formula is C23H23N2O+. The molecule has 0 unspecified atom stereocenters. The first kappa shape index (κ1) is 16.4. The van der Waals surface area contributed by atoms with Gasteiger partial charge in [-0.15, -0.1) is 0 Å². The molecule has 0 saturated heterocycles. The molecule has 1 heterocycles. The Kier molecular flexibility index (Phi) is 4.00. The minimum absolute atomic E-state index is 0.899. The van der Waals surface area contributed by atoms with Crippen LogP contribution in [0.25, 0.3) is 32.9 Å². The Morgan fingerprint density at radius 3 is 2.31 bits per heavy atom. The second-order valence-corrected chi connectivity index (χ2v) is 6.75. The molecule has 0 aliphatic carbocycles. The average molecular weight is 343 g/mol. The van der Waals surface area contributed by atoms with Crippen LogP contribution in [0, 0.1) is 0 Å². The van der Waals surface area contributed by atoms with E-state index in [4.69, 9.17) is 4.74 Å². The molecule has 4 rings (SSSR count). The van der Waals surface area contributed by atoms with Crippen molar-refractivity contribution in [1.82, 2.24) is 0 Å². The van der Waals surface area contributed by atoms with Gasteiger partial charge in [0.2, 0.25) is 11.0 Å². The van der Waals surface area contributed by atoms with Gasteiger partial charge in [0.25, 0.3) is 0 Å². The van der Waals surface area contributed by atoms with E-state index in [9.17, 15) is 0 Å². The largest absolute Gasteiger partial charge is 0.496 e. The van der Waals surface area contributed by atoms with Crippen molar-refractivity contribution in [2.75, 3.05) is 26.1 Å². The molecule has 3 nitrogen and oxygen atoms in total. The number of methoxy groups -OCH3 is 1. The summed E-state index contributed by atoms with van der Waals surface area (Å²) in [4.78, 5) is 2.14. The van der Waals surface area contributed by atoms with E-state index in [0.717, 1.165) is 16.7 Å². The zero-order valence-corrected chi connectivity index (χ0v) is 15.7. The Balaban J connectivity index is 2.24. The molecule has 0 bridgehead atoms. The van der Waals surface area contributed by atoms with Crippen LogP contribution < -0.4 is 14.2 Å². The number of rotatable bonds is 3. The number of pyridine rings is 1. The van der Waals surface area contributed by atoms with Gasteiger partial charge in [0.1, 0.15) is 12.8 Å². The van der Waals surface area contributed by atoms with Crippen LogP contribution in [-0.2, 0) is 7.05 Å². The van der Waals surface area contributed by atoms with Gasteiger partial charge in [-0.1, -0.05) is 36.4 Å². The molecule has 3 aromatic carbocycles. The van der Waals surface area contributed by atoms with Gasteiger partial charge >= 0.3 is 0 Å². The molecule has 0 aliphatic heterocycles. The van der Waals surface area contributed by atoms with Crippen molar-refractivity contribution in [3.05, 3.63) is 66.7 Å². The maximum atomic E-state index is 5.73. The fourth-order valence-corrected chi connectivity index (χ4v) is 3.68. The van der Waals surface area contributed by atoms with Crippen LogP contribution in [0.15, 0.2) is 66.7 Å². The number of benzene rings is 3. The molecule has 0 N–H and O–H groups in total. The van der Waals surface area contributed by atoms with E-state index in [0.29, 0.717) is 0 Å². The number of ether oxygens (including phenoxy) is 1. The van der Waals surface area contributed by atoms with E-state index in [2.05, 4.69) is 91.3 Å². The van der Waals surface area contributed by atoms with Crippen LogP contribution in [-0.4, -0.2) is 21.2 Å². The first-order chi connectivity index (χ1) is 12.6. The van der Waals surface area contributed by atoms with Gasteiger partial charge in [0.15, 0.2) is 0 Å². The summed E-state index contributed by atoms with van der Waals surface area (Å²) in [5, 5.41) is 2.37. The van der Waals surface area contributed by atoms with Crippen molar-refractivity contribution < 1.29 is 9.30 Å². The Hall–Kier alpha value is -3.07. The Morgan fingerprint density at radius 1 is 0.846 bits per heavy atom. The van der Waals surface area contributed by atoms with Crippen molar-refractivity contribution in [3.63, 3.8) is 0 Å². The van der Waals surface area contributed by atoms with E-state index in [1.807, 2.05) is 6.07 Å². The summed E-state index contributed by atoms with van der Waals surface area (Å²) in [6.45, 7) is 0. The lowest BCUT2D eigenvalue weighted by atomic mass is 9.95. The fraction of sp³-hybridized carbons (Fsp3) is 0.174. The van der Waals surface area contributed by atoms with Crippen molar-refractivity contribution in [2.24, 2.45) is 7.05 Å². The molecule has 0 aliphatic rings. The molecule has 130 valence electrons. The highest BCUT2D eigenvalue weighted by Gasteiger charge is 2.22. The maximum absolute atomic E-state index is 5.73. The smallest absolute Gasteiger partial charge is 0.217 e. The molecule has 0 atom stereocenters. The minimum Gasteiger partial charge on any atom is -0.496 e. The monoisotopic (exact) mass is 343 g/mol. The molecule has 0 spiro atoms. The third-order valence-corrected chi connectivity index (χ3v) is 5.03. The third-order valence-electron chi connectivity index (χ3n) is 5.03.